The highest BCUT2D eigenvalue weighted by Gasteiger charge is 2.21. The average Bonchev–Trinajstić information content (AvgIpc) is 2.69. The molecule has 2 atom stereocenters. The minimum absolute atomic E-state index is 0.0655. The number of nitrogens with two attached hydrogens (primary N) is 1. The lowest BCUT2D eigenvalue weighted by molar-refractivity contribution is -0.123. The smallest absolute Gasteiger partial charge is 0.253 e. The first-order chi connectivity index (χ1) is 14.3. The third-order valence-electron chi connectivity index (χ3n) is 4.78. The van der Waals surface area contributed by atoms with Gasteiger partial charge in [-0.05, 0) is 37.5 Å². The lowest BCUT2D eigenvalue weighted by Crippen LogP contribution is -2.48. The van der Waals surface area contributed by atoms with Gasteiger partial charge in [0.1, 0.15) is 11.4 Å². The Morgan fingerprint density at radius 2 is 1.50 bits per heavy atom. The second-order valence-corrected chi connectivity index (χ2v) is 8.94. The van der Waals surface area contributed by atoms with E-state index >= 15 is 0 Å². The van der Waals surface area contributed by atoms with E-state index in [4.69, 9.17) is 5.73 Å². The summed E-state index contributed by atoms with van der Waals surface area (Å²) < 4.78 is 0. The van der Waals surface area contributed by atoms with Crippen molar-refractivity contribution in [3.8, 4) is 0 Å². The van der Waals surface area contributed by atoms with Crippen molar-refractivity contribution in [3.63, 3.8) is 0 Å². The Kier molecular flexibility index (Phi) is 12.7. The van der Waals surface area contributed by atoms with Crippen LogP contribution in [0.2, 0.25) is 0 Å². The fourth-order valence-corrected chi connectivity index (χ4v) is 3.37. The summed E-state index contributed by atoms with van der Waals surface area (Å²) in [4.78, 5) is 36.1. The number of unbranched alkanes of at least 4 members (excludes halogenated alkanes) is 2. The van der Waals surface area contributed by atoms with Gasteiger partial charge in [-0.25, -0.2) is 0 Å². The summed E-state index contributed by atoms with van der Waals surface area (Å²) in [6.45, 7) is 8.06. The van der Waals surface area contributed by atoms with Crippen LogP contribution >= 0.6 is 12.6 Å². The number of nitrogens with one attached hydrogen (secondary N) is 4. The molecule has 0 fully saturated rings. The molecule has 1 amide bonds. The fraction of sp³-hybridized carbons (Fsp3) is 0.762. The Morgan fingerprint density at radius 1 is 0.900 bits per heavy atom. The first-order valence-electron chi connectivity index (χ1n) is 11.0. The first kappa shape index (κ1) is 26.5. The van der Waals surface area contributed by atoms with Crippen molar-refractivity contribution in [2.24, 2.45) is 5.73 Å². The molecule has 1 rings (SSSR count). The van der Waals surface area contributed by atoms with Crippen LogP contribution in [-0.2, 0) is 4.79 Å². The molecule has 172 valence electrons. The Morgan fingerprint density at radius 3 is 2.07 bits per heavy atom. The van der Waals surface area contributed by atoms with E-state index in [0.29, 0.717) is 42.8 Å². The summed E-state index contributed by atoms with van der Waals surface area (Å²) in [7, 11) is 0. The molecule has 0 bridgehead atoms. The Bertz CT molecular complexity index is 701. The van der Waals surface area contributed by atoms with Crippen LogP contribution < -0.4 is 37.9 Å². The molecule has 30 heavy (non-hydrogen) atoms. The third-order valence-corrected chi connectivity index (χ3v) is 5.04. The Labute approximate surface area is 185 Å². The maximum atomic E-state index is 12.4. The van der Waals surface area contributed by atoms with E-state index in [1.807, 2.05) is 13.8 Å². The molecule has 0 saturated heterocycles. The highest BCUT2D eigenvalue weighted by molar-refractivity contribution is 7.80. The SMILES string of the molecule is CC(S)CCCCNc1c(NCCNC(=O)[C@@H](CCCCN)NC(C)C)c(=O)c1=O. The molecular formula is C21H39N5O3S. The average molecular weight is 442 g/mol. The minimum Gasteiger partial charge on any atom is -0.380 e. The molecule has 1 aromatic carbocycles. The molecular weight excluding hydrogens is 402 g/mol. The number of amides is 1. The molecule has 0 aliphatic carbocycles. The number of anilines is 2. The highest BCUT2D eigenvalue weighted by atomic mass is 32.1. The van der Waals surface area contributed by atoms with Crippen molar-refractivity contribution >= 4 is 29.9 Å². The summed E-state index contributed by atoms with van der Waals surface area (Å²) in [6.07, 6.45) is 5.44. The monoisotopic (exact) mass is 441 g/mol. The van der Waals surface area contributed by atoms with Gasteiger partial charge in [-0.15, -0.1) is 0 Å². The van der Waals surface area contributed by atoms with Gasteiger partial charge < -0.3 is 27.0 Å². The van der Waals surface area contributed by atoms with Crippen LogP contribution in [-0.4, -0.2) is 49.4 Å². The van der Waals surface area contributed by atoms with Crippen molar-refractivity contribution in [2.75, 3.05) is 36.8 Å². The second-order valence-electron chi connectivity index (χ2n) is 8.06. The lowest BCUT2D eigenvalue weighted by atomic mass is 10.1. The fourth-order valence-electron chi connectivity index (χ4n) is 3.19. The van der Waals surface area contributed by atoms with Crippen molar-refractivity contribution in [1.29, 1.82) is 0 Å². The number of rotatable bonds is 17. The number of carbonyl (C=O) groups is 1. The van der Waals surface area contributed by atoms with E-state index in [1.54, 1.807) is 0 Å². The molecule has 9 heteroatoms. The number of hydrogen-bond acceptors (Lipinski definition) is 8. The van der Waals surface area contributed by atoms with E-state index < -0.39 is 10.9 Å². The standard InChI is InChI=1S/C21H39N5O3S/c1-14(2)26-16(9-4-6-10-22)21(29)25-13-12-24-18-17(19(27)20(18)28)23-11-7-5-8-15(3)30/h14-16,23-24,26,30H,4-13,22H2,1-3H3,(H,25,29)/t15?,16-/m1/s1. The van der Waals surface area contributed by atoms with Crippen LogP contribution in [0.3, 0.4) is 0 Å². The first-order valence-corrected chi connectivity index (χ1v) is 11.5. The molecule has 0 aliphatic heterocycles. The van der Waals surface area contributed by atoms with Crippen LogP contribution in [0.1, 0.15) is 59.3 Å². The molecule has 0 spiro atoms. The van der Waals surface area contributed by atoms with E-state index in [-0.39, 0.29) is 18.0 Å². The maximum absolute atomic E-state index is 12.4. The molecule has 0 heterocycles. The zero-order valence-electron chi connectivity index (χ0n) is 18.6. The lowest BCUT2D eigenvalue weighted by Gasteiger charge is -2.21. The minimum atomic E-state index is -0.506. The van der Waals surface area contributed by atoms with Gasteiger partial charge in [-0.3, -0.25) is 14.4 Å². The largest absolute Gasteiger partial charge is 0.380 e. The molecule has 8 nitrogen and oxygen atoms in total. The van der Waals surface area contributed by atoms with Gasteiger partial charge in [-0.1, -0.05) is 33.6 Å². The van der Waals surface area contributed by atoms with Crippen molar-refractivity contribution in [1.82, 2.24) is 10.6 Å². The summed E-state index contributed by atoms with van der Waals surface area (Å²) in [5.41, 5.74) is 5.22. The molecule has 0 radical (unpaired) electrons. The number of hydrogen-bond donors (Lipinski definition) is 6. The summed E-state index contributed by atoms with van der Waals surface area (Å²) in [6, 6.07) is -0.0648. The Balaban J connectivity index is 2.40. The maximum Gasteiger partial charge on any atom is 0.253 e. The Hall–Kier alpha value is -1.58. The number of carbonyl (C=O) groups excluding carboxylic acids is 1. The normalized spacial score (nSPS) is 13.4. The van der Waals surface area contributed by atoms with Crippen LogP contribution in [0.4, 0.5) is 11.4 Å². The second kappa shape index (κ2) is 14.4. The molecule has 6 N–H and O–H groups in total. The van der Waals surface area contributed by atoms with E-state index in [9.17, 15) is 14.4 Å². The van der Waals surface area contributed by atoms with Gasteiger partial charge >= 0.3 is 0 Å². The summed E-state index contributed by atoms with van der Waals surface area (Å²) in [5, 5.41) is 12.6. The van der Waals surface area contributed by atoms with Crippen LogP contribution in [0, 0.1) is 0 Å². The van der Waals surface area contributed by atoms with E-state index in [2.05, 4.69) is 40.8 Å². The van der Waals surface area contributed by atoms with Gasteiger partial charge in [0.2, 0.25) is 5.91 Å². The predicted octanol–water partition coefficient (Wildman–Crippen LogP) is 1.21. The topological polar surface area (TPSA) is 125 Å². The van der Waals surface area contributed by atoms with Gasteiger partial charge in [0.05, 0.1) is 6.04 Å². The predicted molar refractivity (Wildman–Crippen MR) is 129 cm³/mol. The quantitative estimate of drug-likeness (QED) is 0.122. The zero-order valence-corrected chi connectivity index (χ0v) is 19.4. The van der Waals surface area contributed by atoms with E-state index in [0.717, 1.165) is 38.5 Å². The van der Waals surface area contributed by atoms with Gasteiger partial charge in [0.25, 0.3) is 10.9 Å². The van der Waals surface area contributed by atoms with Crippen LogP contribution in [0.5, 0.6) is 0 Å². The zero-order chi connectivity index (χ0) is 22.5. The van der Waals surface area contributed by atoms with Crippen LogP contribution in [0.25, 0.3) is 0 Å². The highest BCUT2D eigenvalue weighted by Crippen LogP contribution is 2.14. The van der Waals surface area contributed by atoms with E-state index in [1.165, 1.54) is 0 Å². The molecule has 0 saturated carbocycles. The van der Waals surface area contributed by atoms with Gasteiger partial charge in [0.15, 0.2) is 0 Å². The number of thiol groups is 1. The summed E-state index contributed by atoms with van der Waals surface area (Å²) >= 11 is 4.34. The summed E-state index contributed by atoms with van der Waals surface area (Å²) in [5.74, 6) is -0.0655. The van der Waals surface area contributed by atoms with Gasteiger partial charge in [-0.2, -0.15) is 12.6 Å². The van der Waals surface area contributed by atoms with Crippen molar-refractivity contribution < 1.29 is 4.79 Å². The molecule has 0 aromatic heterocycles. The van der Waals surface area contributed by atoms with Gasteiger partial charge in [0, 0.05) is 25.7 Å². The third kappa shape index (κ3) is 9.49. The molecule has 1 aromatic rings. The molecule has 0 aliphatic rings. The van der Waals surface area contributed by atoms with Crippen molar-refractivity contribution in [2.45, 2.75) is 76.6 Å². The van der Waals surface area contributed by atoms with Crippen molar-refractivity contribution in [3.05, 3.63) is 20.4 Å². The molecule has 1 unspecified atom stereocenters. The van der Waals surface area contributed by atoms with Crippen LogP contribution in [0.15, 0.2) is 9.59 Å².